The summed E-state index contributed by atoms with van der Waals surface area (Å²) in [5.74, 6) is 0.200. The molecule has 8 heteroatoms. The molecule has 2 aromatic carbocycles. The molecule has 1 aromatic heterocycles. The van der Waals surface area contributed by atoms with Gasteiger partial charge in [0.2, 0.25) is 0 Å². The highest BCUT2D eigenvalue weighted by Crippen LogP contribution is 2.40. The first-order valence-corrected chi connectivity index (χ1v) is 11.8. The van der Waals surface area contributed by atoms with Gasteiger partial charge in [0, 0.05) is 37.0 Å². The van der Waals surface area contributed by atoms with Crippen molar-refractivity contribution in [1.29, 1.82) is 0 Å². The average molecular weight is 458 g/mol. The fourth-order valence-electron chi connectivity index (χ4n) is 3.87. The van der Waals surface area contributed by atoms with Gasteiger partial charge in [-0.05, 0) is 41.3 Å². The Morgan fingerprint density at radius 1 is 1.16 bits per heavy atom. The van der Waals surface area contributed by atoms with Crippen LogP contribution in [0.25, 0.3) is 0 Å². The van der Waals surface area contributed by atoms with E-state index < -0.39 is 10.3 Å². The summed E-state index contributed by atoms with van der Waals surface area (Å²) in [5, 5.41) is 0.686. The Bertz CT molecular complexity index is 1170. The first-order valence-electron chi connectivity index (χ1n) is 10.1. The van der Waals surface area contributed by atoms with Crippen molar-refractivity contribution in [2.75, 3.05) is 18.5 Å². The number of aromatic nitrogens is 1. The zero-order valence-corrected chi connectivity index (χ0v) is 19.0. The van der Waals surface area contributed by atoms with E-state index in [1.165, 1.54) is 16.1 Å². The van der Waals surface area contributed by atoms with Gasteiger partial charge >= 0.3 is 10.3 Å². The minimum Gasteiger partial charge on any atom is -0.369 e. The summed E-state index contributed by atoms with van der Waals surface area (Å²) in [4.78, 5) is 6.37. The Morgan fingerprint density at radius 3 is 2.68 bits per heavy atom. The molecular weight excluding hydrogens is 434 g/mol. The van der Waals surface area contributed by atoms with Crippen LogP contribution in [0.2, 0.25) is 5.02 Å². The van der Waals surface area contributed by atoms with Crippen molar-refractivity contribution in [3.63, 3.8) is 0 Å². The van der Waals surface area contributed by atoms with E-state index >= 15 is 0 Å². The molecule has 0 N–H and O–H groups in total. The third-order valence-electron chi connectivity index (χ3n) is 5.50. The summed E-state index contributed by atoms with van der Waals surface area (Å²) in [7, 11) is -1.98. The molecule has 0 aliphatic carbocycles. The normalized spacial score (nSPS) is 15.9. The smallest absolute Gasteiger partial charge is 0.369 e. The Kier molecular flexibility index (Phi) is 6.18. The van der Waals surface area contributed by atoms with Gasteiger partial charge in [0.15, 0.2) is 5.75 Å². The molecule has 0 amide bonds. The lowest BCUT2D eigenvalue weighted by molar-refractivity contribution is 0.361. The number of hydrogen-bond donors (Lipinski definition) is 0. The van der Waals surface area contributed by atoms with Gasteiger partial charge in [-0.25, -0.2) is 0 Å². The van der Waals surface area contributed by atoms with Crippen LogP contribution in [0.15, 0.2) is 67.0 Å². The van der Waals surface area contributed by atoms with Gasteiger partial charge in [0.1, 0.15) is 0 Å². The second-order valence-corrected chi connectivity index (χ2v) is 9.49. The van der Waals surface area contributed by atoms with Crippen LogP contribution in [0.5, 0.6) is 5.75 Å². The van der Waals surface area contributed by atoms with Crippen molar-refractivity contribution in [3.8, 4) is 5.75 Å². The van der Waals surface area contributed by atoms with Crippen LogP contribution in [0.1, 0.15) is 29.7 Å². The first kappa shape index (κ1) is 21.6. The number of fused-ring (bicyclic) bond motifs is 1. The molecule has 4 rings (SSSR count). The third-order valence-corrected chi connectivity index (χ3v) is 7.16. The molecule has 1 unspecified atom stereocenters. The number of anilines is 1. The quantitative estimate of drug-likeness (QED) is 0.518. The van der Waals surface area contributed by atoms with E-state index in [9.17, 15) is 8.42 Å². The fraction of sp³-hybridized carbons (Fsp3) is 0.261. The molecule has 0 radical (unpaired) electrons. The molecule has 31 heavy (non-hydrogen) atoms. The van der Waals surface area contributed by atoms with Gasteiger partial charge in [0.05, 0.1) is 12.2 Å². The molecule has 3 aromatic rings. The molecule has 0 saturated heterocycles. The second-order valence-electron chi connectivity index (χ2n) is 7.51. The third kappa shape index (κ3) is 4.69. The maximum Gasteiger partial charge on any atom is 0.385 e. The van der Waals surface area contributed by atoms with Gasteiger partial charge in [-0.15, -0.1) is 0 Å². The number of pyridine rings is 1. The SMILES string of the molecule is CCN(Cc1ccccc1)S(=O)(=O)Oc1cncc(C2Cc3ccc(Cl)cc3N2C)c1. The van der Waals surface area contributed by atoms with Crippen LogP contribution < -0.4 is 9.08 Å². The van der Waals surface area contributed by atoms with Crippen molar-refractivity contribution in [1.82, 2.24) is 9.29 Å². The number of hydrogen-bond acceptors (Lipinski definition) is 5. The summed E-state index contributed by atoms with van der Waals surface area (Å²) < 4.78 is 32.6. The predicted molar refractivity (Wildman–Crippen MR) is 123 cm³/mol. The number of likely N-dealkylation sites (N-methyl/N-ethyl adjacent to an activating group) is 1. The lowest BCUT2D eigenvalue weighted by atomic mass is 10.0. The summed E-state index contributed by atoms with van der Waals surface area (Å²) >= 11 is 6.15. The predicted octanol–water partition coefficient (Wildman–Crippen LogP) is 4.61. The lowest BCUT2D eigenvalue weighted by Gasteiger charge is -2.24. The molecule has 1 atom stereocenters. The van der Waals surface area contributed by atoms with Gasteiger partial charge in [-0.3, -0.25) is 4.98 Å². The fourth-order valence-corrected chi connectivity index (χ4v) is 5.10. The van der Waals surface area contributed by atoms with E-state index in [1.807, 2.05) is 55.6 Å². The zero-order valence-electron chi connectivity index (χ0n) is 17.4. The topological polar surface area (TPSA) is 62.7 Å². The molecular formula is C23H24ClN3O3S. The Morgan fingerprint density at radius 2 is 1.94 bits per heavy atom. The number of benzene rings is 2. The van der Waals surface area contributed by atoms with E-state index in [-0.39, 0.29) is 18.3 Å². The molecule has 2 heterocycles. The molecule has 6 nitrogen and oxygen atoms in total. The number of nitrogens with zero attached hydrogens (tertiary/aromatic N) is 3. The Hall–Kier alpha value is -2.61. The van der Waals surface area contributed by atoms with Crippen LogP contribution in [-0.4, -0.2) is 31.3 Å². The minimum atomic E-state index is -3.97. The van der Waals surface area contributed by atoms with Crippen LogP contribution in [-0.2, 0) is 23.3 Å². The van der Waals surface area contributed by atoms with Gasteiger partial charge in [-0.1, -0.05) is 54.9 Å². The monoisotopic (exact) mass is 457 g/mol. The van der Waals surface area contributed by atoms with E-state index in [0.717, 1.165) is 23.2 Å². The second kappa shape index (κ2) is 8.86. The van der Waals surface area contributed by atoms with Crippen molar-refractivity contribution in [2.45, 2.75) is 25.9 Å². The summed E-state index contributed by atoms with van der Waals surface area (Å²) in [5.41, 5.74) is 4.04. The van der Waals surface area contributed by atoms with Gasteiger partial charge in [-0.2, -0.15) is 12.7 Å². The lowest BCUT2D eigenvalue weighted by Crippen LogP contribution is -2.34. The molecule has 0 bridgehead atoms. The largest absolute Gasteiger partial charge is 0.385 e. The van der Waals surface area contributed by atoms with Crippen molar-refractivity contribution >= 4 is 27.6 Å². The maximum atomic E-state index is 12.9. The van der Waals surface area contributed by atoms with Gasteiger partial charge in [0.25, 0.3) is 0 Å². The summed E-state index contributed by atoms with van der Waals surface area (Å²) in [6, 6.07) is 17.1. The van der Waals surface area contributed by atoms with Gasteiger partial charge < -0.3 is 9.08 Å². The zero-order chi connectivity index (χ0) is 22.0. The van der Waals surface area contributed by atoms with E-state index in [0.29, 0.717) is 11.6 Å². The maximum absolute atomic E-state index is 12.9. The van der Waals surface area contributed by atoms with Crippen molar-refractivity contribution in [3.05, 3.63) is 88.7 Å². The molecule has 0 saturated carbocycles. The van der Waals surface area contributed by atoms with Crippen LogP contribution in [0.4, 0.5) is 5.69 Å². The highest BCUT2D eigenvalue weighted by molar-refractivity contribution is 7.84. The average Bonchev–Trinajstić information content (AvgIpc) is 3.08. The number of halogens is 1. The van der Waals surface area contributed by atoms with E-state index in [2.05, 4.69) is 9.88 Å². The molecule has 162 valence electrons. The van der Waals surface area contributed by atoms with Crippen LogP contribution in [0, 0.1) is 0 Å². The number of rotatable bonds is 7. The Labute approximate surface area is 188 Å². The van der Waals surface area contributed by atoms with Crippen molar-refractivity contribution < 1.29 is 12.6 Å². The van der Waals surface area contributed by atoms with Crippen LogP contribution >= 0.6 is 11.6 Å². The first-order chi connectivity index (χ1) is 14.9. The molecule has 1 aliphatic heterocycles. The summed E-state index contributed by atoms with van der Waals surface area (Å²) in [6.45, 7) is 2.33. The molecule has 0 fully saturated rings. The minimum absolute atomic E-state index is 0.0267. The van der Waals surface area contributed by atoms with E-state index in [1.54, 1.807) is 19.2 Å². The highest BCUT2D eigenvalue weighted by Gasteiger charge is 2.29. The standard InChI is InChI=1S/C23H24ClN3O3S/c1-3-27(16-17-7-5-4-6-8-17)31(28,29)30-21-11-19(14-25-15-21)22-12-18-9-10-20(24)13-23(18)26(22)2/h4-11,13-15,22H,3,12,16H2,1-2H3. The Balaban J connectivity index is 1.53. The van der Waals surface area contributed by atoms with Crippen LogP contribution in [0.3, 0.4) is 0 Å². The van der Waals surface area contributed by atoms with Crippen molar-refractivity contribution in [2.24, 2.45) is 0 Å². The molecule has 0 spiro atoms. The highest BCUT2D eigenvalue weighted by atomic mass is 35.5. The molecule has 1 aliphatic rings. The summed E-state index contributed by atoms with van der Waals surface area (Å²) in [6.07, 6.45) is 3.96. The van der Waals surface area contributed by atoms with E-state index in [4.69, 9.17) is 15.8 Å².